The Hall–Kier alpha value is -2.62. The molecule has 2 aliphatic rings. The van der Waals surface area contributed by atoms with Crippen LogP contribution < -0.4 is 10.2 Å². The second-order valence-corrected chi connectivity index (χ2v) is 6.32. The maximum atomic E-state index is 12.6. The van der Waals surface area contributed by atoms with Gasteiger partial charge in [-0.2, -0.15) is 0 Å². The fraction of sp³-hybridized carbons (Fsp3) is 0.263. The lowest BCUT2D eigenvalue weighted by molar-refractivity contribution is -0.117. The molecule has 0 fully saturated rings. The molecule has 2 aliphatic heterocycles. The zero-order chi connectivity index (χ0) is 16.1. The van der Waals surface area contributed by atoms with Crippen LogP contribution in [0.4, 0.5) is 11.4 Å². The van der Waals surface area contributed by atoms with Crippen LogP contribution in [-0.2, 0) is 17.6 Å². The van der Waals surface area contributed by atoms with Crippen LogP contribution in [0.2, 0.25) is 0 Å². The molecule has 4 nitrogen and oxygen atoms in total. The third-order valence-corrected chi connectivity index (χ3v) is 4.90. The lowest BCUT2D eigenvalue weighted by Crippen LogP contribution is -2.24. The van der Waals surface area contributed by atoms with Crippen LogP contribution in [0.15, 0.2) is 30.3 Å². The molecule has 0 unspecified atom stereocenters. The molecule has 4 heteroatoms. The minimum atomic E-state index is -0.115. The minimum Gasteiger partial charge on any atom is -0.322 e. The molecule has 0 spiro atoms. The first-order chi connectivity index (χ1) is 11.0. The lowest BCUT2D eigenvalue weighted by Gasteiger charge is -2.12. The van der Waals surface area contributed by atoms with E-state index >= 15 is 0 Å². The average molecular weight is 306 g/mol. The summed E-state index contributed by atoms with van der Waals surface area (Å²) in [5, 5.41) is 3.00. The van der Waals surface area contributed by atoms with Gasteiger partial charge in [0.2, 0.25) is 5.91 Å². The molecule has 0 saturated carbocycles. The molecule has 0 aliphatic carbocycles. The third-order valence-electron chi connectivity index (χ3n) is 4.90. The van der Waals surface area contributed by atoms with Crippen LogP contribution in [-0.4, -0.2) is 18.4 Å². The normalized spacial score (nSPS) is 15.0. The number of hydrogen-bond donors (Lipinski definition) is 1. The summed E-state index contributed by atoms with van der Waals surface area (Å²) in [6.45, 7) is 4.77. The number of hydrogen-bond acceptors (Lipinski definition) is 2. The first-order valence-corrected chi connectivity index (χ1v) is 7.88. The Morgan fingerprint density at radius 1 is 1.17 bits per heavy atom. The van der Waals surface area contributed by atoms with Gasteiger partial charge in [-0.25, -0.2) is 0 Å². The van der Waals surface area contributed by atoms with Gasteiger partial charge in [0.1, 0.15) is 0 Å². The second kappa shape index (κ2) is 4.95. The zero-order valence-corrected chi connectivity index (χ0v) is 13.3. The van der Waals surface area contributed by atoms with Crippen molar-refractivity contribution in [2.24, 2.45) is 0 Å². The summed E-state index contributed by atoms with van der Waals surface area (Å²) in [5.41, 5.74) is 6.83. The summed E-state index contributed by atoms with van der Waals surface area (Å²) in [6.07, 6.45) is 1.24. The number of aryl methyl sites for hydroxylation is 1. The SMILES string of the molecule is Cc1cccc(NC(=O)c2cc3c4c(c2)CC(=O)N4CC3)c1C. The molecule has 2 amide bonds. The molecule has 2 aromatic rings. The number of anilines is 2. The second-order valence-electron chi connectivity index (χ2n) is 6.32. The van der Waals surface area contributed by atoms with E-state index in [2.05, 4.69) is 5.32 Å². The highest BCUT2D eigenvalue weighted by Crippen LogP contribution is 2.38. The fourth-order valence-corrected chi connectivity index (χ4v) is 3.50. The van der Waals surface area contributed by atoms with E-state index in [1.807, 2.05) is 49.1 Å². The van der Waals surface area contributed by atoms with Crippen LogP contribution in [0.3, 0.4) is 0 Å². The number of nitrogens with zero attached hydrogens (tertiary/aromatic N) is 1. The lowest BCUT2D eigenvalue weighted by atomic mass is 10.0. The smallest absolute Gasteiger partial charge is 0.255 e. The molecule has 116 valence electrons. The maximum absolute atomic E-state index is 12.6. The van der Waals surface area contributed by atoms with Gasteiger partial charge in [-0.05, 0) is 60.7 Å². The van der Waals surface area contributed by atoms with Gasteiger partial charge in [-0.1, -0.05) is 12.1 Å². The van der Waals surface area contributed by atoms with E-state index in [0.717, 1.165) is 46.6 Å². The van der Waals surface area contributed by atoms with Crippen LogP contribution in [0.5, 0.6) is 0 Å². The van der Waals surface area contributed by atoms with Crippen molar-refractivity contribution >= 4 is 23.2 Å². The average Bonchev–Trinajstić information content (AvgIpc) is 3.09. The molecule has 0 aromatic heterocycles. The first-order valence-electron chi connectivity index (χ1n) is 7.88. The van der Waals surface area contributed by atoms with Crippen molar-refractivity contribution in [3.05, 3.63) is 58.1 Å². The Morgan fingerprint density at radius 2 is 1.96 bits per heavy atom. The number of rotatable bonds is 2. The highest BCUT2D eigenvalue weighted by atomic mass is 16.2. The van der Waals surface area contributed by atoms with Crippen molar-refractivity contribution in [1.29, 1.82) is 0 Å². The van der Waals surface area contributed by atoms with E-state index < -0.39 is 0 Å². The molecule has 4 rings (SSSR count). The highest BCUT2D eigenvalue weighted by Gasteiger charge is 2.34. The molecule has 0 saturated heterocycles. The van der Waals surface area contributed by atoms with Crippen molar-refractivity contribution in [3.8, 4) is 0 Å². The largest absolute Gasteiger partial charge is 0.322 e. The Kier molecular flexibility index (Phi) is 3.01. The molecular weight excluding hydrogens is 288 g/mol. The number of nitrogens with one attached hydrogen (secondary N) is 1. The summed E-state index contributed by atoms with van der Waals surface area (Å²) in [4.78, 5) is 26.5. The van der Waals surface area contributed by atoms with E-state index in [4.69, 9.17) is 0 Å². The van der Waals surface area contributed by atoms with Crippen LogP contribution >= 0.6 is 0 Å². The van der Waals surface area contributed by atoms with Gasteiger partial charge in [-0.3, -0.25) is 9.59 Å². The molecule has 2 heterocycles. The predicted octanol–water partition coefficient (Wildman–Crippen LogP) is 3.00. The number of amides is 2. The Labute approximate surface area is 135 Å². The van der Waals surface area contributed by atoms with Gasteiger partial charge in [0, 0.05) is 17.8 Å². The molecule has 0 bridgehead atoms. The van der Waals surface area contributed by atoms with Gasteiger partial charge in [0.05, 0.1) is 12.1 Å². The molecule has 2 aromatic carbocycles. The van der Waals surface area contributed by atoms with Gasteiger partial charge >= 0.3 is 0 Å². The Morgan fingerprint density at radius 3 is 2.78 bits per heavy atom. The number of carbonyl (C=O) groups is 2. The van der Waals surface area contributed by atoms with Crippen molar-refractivity contribution < 1.29 is 9.59 Å². The quantitative estimate of drug-likeness (QED) is 0.927. The zero-order valence-electron chi connectivity index (χ0n) is 13.3. The molecule has 23 heavy (non-hydrogen) atoms. The summed E-state index contributed by atoms with van der Waals surface area (Å²) >= 11 is 0. The summed E-state index contributed by atoms with van der Waals surface area (Å²) < 4.78 is 0. The van der Waals surface area contributed by atoms with E-state index in [9.17, 15) is 9.59 Å². The topological polar surface area (TPSA) is 49.4 Å². The Bertz CT molecular complexity index is 855. The first kappa shape index (κ1) is 14.0. The van der Waals surface area contributed by atoms with Gasteiger partial charge in [0.15, 0.2) is 0 Å². The van der Waals surface area contributed by atoms with E-state index in [1.165, 1.54) is 0 Å². The summed E-state index contributed by atoms with van der Waals surface area (Å²) in [5.74, 6) is 0.0291. The molecule has 0 radical (unpaired) electrons. The highest BCUT2D eigenvalue weighted by molar-refractivity contribution is 6.08. The molecular formula is C19H18N2O2. The Balaban J connectivity index is 1.67. The number of carbonyl (C=O) groups excluding carboxylic acids is 2. The van der Waals surface area contributed by atoms with Crippen LogP contribution in [0.25, 0.3) is 0 Å². The summed E-state index contributed by atoms with van der Waals surface area (Å²) in [6, 6.07) is 9.68. The maximum Gasteiger partial charge on any atom is 0.255 e. The van der Waals surface area contributed by atoms with Crippen molar-refractivity contribution in [3.63, 3.8) is 0 Å². The summed E-state index contributed by atoms with van der Waals surface area (Å²) in [7, 11) is 0. The van der Waals surface area contributed by atoms with Crippen molar-refractivity contribution in [2.45, 2.75) is 26.7 Å². The fourth-order valence-electron chi connectivity index (χ4n) is 3.50. The van der Waals surface area contributed by atoms with E-state index in [-0.39, 0.29) is 11.8 Å². The molecule has 0 atom stereocenters. The van der Waals surface area contributed by atoms with Crippen LogP contribution in [0, 0.1) is 13.8 Å². The van der Waals surface area contributed by atoms with E-state index in [1.54, 1.807) is 0 Å². The van der Waals surface area contributed by atoms with Gasteiger partial charge in [-0.15, -0.1) is 0 Å². The van der Waals surface area contributed by atoms with Crippen molar-refractivity contribution in [2.75, 3.05) is 16.8 Å². The van der Waals surface area contributed by atoms with Gasteiger partial charge < -0.3 is 10.2 Å². The minimum absolute atomic E-state index is 0.115. The van der Waals surface area contributed by atoms with E-state index in [0.29, 0.717) is 12.0 Å². The molecule has 1 N–H and O–H groups in total. The monoisotopic (exact) mass is 306 g/mol. The predicted molar refractivity (Wildman–Crippen MR) is 90.1 cm³/mol. The standard InChI is InChI=1S/C19H18N2O2/c1-11-4-3-5-16(12(11)2)20-19(23)15-8-13-6-7-21-17(22)10-14(9-15)18(13)21/h3-5,8-9H,6-7,10H2,1-2H3,(H,20,23). The van der Waals surface area contributed by atoms with Crippen LogP contribution in [0.1, 0.15) is 32.6 Å². The van der Waals surface area contributed by atoms with Gasteiger partial charge in [0.25, 0.3) is 5.91 Å². The third kappa shape index (κ3) is 2.13. The number of benzene rings is 2. The van der Waals surface area contributed by atoms with Crippen molar-refractivity contribution in [1.82, 2.24) is 0 Å².